The number of hydrogen-bond donors (Lipinski definition) is 1. The van der Waals surface area contributed by atoms with E-state index in [1.54, 1.807) is 0 Å². The van der Waals surface area contributed by atoms with Gasteiger partial charge in [0.05, 0.1) is 6.04 Å². The molecular weight excluding hydrogens is 326 g/mol. The SMILES string of the molecule is CCCNC(c1ccc(Br)o1)C12CC3CC(CC(C3)C1)C2. The van der Waals surface area contributed by atoms with Gasteiger partial charge in [-0.3, -0.25) is 0 Å². The van der Waals surface area contributed by atoms with Crippen LogP contribution >= 0.6 is 15.9 Å². The van der Waals surface area contributed by atoms with Gasteiger partial charge in [0.1, 0.15) is 5.76 Å². The zero-order valence-corrected chi connectivity index (χ0v) is 14.5. The van der Waals surface area contributed by atoms with Gasteiger partial charge >= 0.3 is 0 Å². The summed E-state index contributed by atoms with van der Waals surface area (Å²) in [6, 6.07) is 4.64. The zero-order valence-electron chi connectivity index (χ0n) is 12.9. The normalized spacial score (nSPS) is 38.9. The van der Waals surface area contributed by atoms with Gasteiger partial charge in [-0.2, -0.15) is 0 Å². The molecule has 3 heteroatoms. The van der Waals surface area contributed by atoms with E-state index in [4.69, 9.17) is 4.42 Å². The summed E-state index contributed by atoms with van der Waals surface area (Å²) in [4.78, 5) is 0. The fourth-order valence-electron chi connectivity index (χ4n) is 5.92. The van der Waals surface area contributed by atoms with Crippen molar-refractivity contribution in [3.63, 3.8) is 0 Å². The Morgan fingerprint density at radius 2 is 1.81 bits per heavy atom. The van der Waals surface area contributed by atoms with E-state index in [0.717, 1.165) is 34.7 Å². The number of nitrogens with one attached hydrogen (secondary N) is 1. The third-order valence-electron chi connectivity index (χ3n) is 6.17. The largest absolute Gasteiger partial charge is 0.453 e. The topological polar surface area (TPSA) is 25.2 Å². The van der Waals surface area contributed by atoms with Crippen molar-refractivity contribution in [3.8, 4) is 0 Å². The van der Waals surface area contributed by atoms with Crippen LogP contribution in [0.15, 0.2) is 21.2 Å². The summed E-state index contributed by atoms with van der Waals surface area (Å²) >= 11 is 3.48. The summed E-state index contributed by atoms with van der Waals surface area (Å²) in [5.74, 6) is 4.11. The van der Waals surface area contributed by atoms with Crippen LogP contribution in [-0.4, -0.2) is 6.54 Å². The van der Waals surface area contributed by atoms with Crippen molar-refractivity contribution in [2.24, 2.45) is 23.2 Å². The predicted octanol–water partition coefficient (Wildman–Crippen LogP) is 5.30. The molecule has 116 valence electrons. The van der Waals surface area contributed by atoms with E-state index >= 15 is 0 Å². The highest BCUT2D eigenvalue weighted by Gasteiger charge is 2.55. The Balaban J connectivity index is 1.66. The molecular formula is C18H26BrNO. The third-order valence-corrected chi connectivity index (χ3v) is 6.60. The molecule has 1 N–H and O–H groups in total. The first kappa shape index (κ1) is 14.3. The lowest BCUT2D eigenvalue weighted by Gasteiger charge is -2.59. The van der Waals surface area contributed by atoms with Gasteiger partial charge in [0.25, 0.3) is 0 Å². The van der Waals surface area contributed by atoms with E-state index in [9.17, 15) is 0 Å². The van der Waals surface area contributed by atoms with Gasteiger partial charge in [0.15, 0.2) is 4.67 Å². The Bertz CT molecular complexity index is 474. The highest BCUT2D eigenvalue weighted by atomic mass is 79.9. The Kier molecular flexibility index (Phi) is 3.69. The van der Waals surface area contributed by atoms with Crippen LogP contribution in [0.5, 0.6) is 0 Å². The predicted molar refractivity (Wildman–Crippen MR) is 88.0 cm³/mol. The first-order chi connectivity index (χ1) is 10.2. The van der Waals surface area contributed by atoms with Crippen molar-refractivity contribution in [1.29, 1.82) is 0 Å². The molecule has 0 radical (unpaired) electrons. The summed E-state index contributed by atoms with van der Waals surface area (Å²) in [7, 11) is 0. The van der Waals surface area contributed by atoms with Gasteiger partial charge in [-0.15, -0.1) is 0 Å². The Morgan fingerprint density at radius 1 is 1.19 bits per heavy atom. The van der Waals surface area contributed by atoms with Gasteiger partial charge in [-0.1, -0.05) is 6.92 Å². The van der Waals surface area contributed by atoms with Crippen LogP contribution in [-0.2, 0) is 0 Å². The quantitative estimate of drug-likeness (QED) is 0.778. The average molecular weight is 352 g/mol. The van der Waals surface area contributed by atoms with Gasteiger partial charge in [-0.25, -0.2) is 0 Å². The van der Waals surface area contributed by atoms with Crippen LogP contribution in [0.4, 0.5) is 0 Å². The molecule has 1 aromatic rings. The Hall–Kier alpha value is -0.280. The fourth-order valence-corrected chi connectivity index (χ4v) is 6.24. The van der Waals surface area contributed by atoms with Crippen molar-refractivity contribution in [3.05, 3.63) is 22.6 Å². The Morgan fingerprint density at radius 3 is 2.29 bits per heavy atom. The molecule has 4 aliphatic rings. The minimum atomic E-state index is 0.414. The van der Waals surface area contributed by atoms with Crippen molar-refractivity contribution < 1.29 is 4.42 Å². The summed E-state index contributed by atoms with van der Waals surface area (Å²) in [6.07, 6.45) is 9.94. The van der Waals surface area contributed by atoms with Gasteiger partial charge in [0.2, 0.25) is 0 Å². The first-order valence-corrected chi connectivity index (χ1v) is 9.46. The monoisotopic (exact) mass is 351 g/mol. The Labute approximate surface area is 136 Å². The molecule has 0 amide bonds. The van der Waals surface area contributed by atoms with Crippen LogP contribution in [0.2, 0.25) is 0 Å². The third kappa shape index (κ3) is 2.50. The minimum absolute atomic E-state index is 0.414. The molecule has 2 nitrogen and oxygen atoms in total. The highest BCUT2D eigenvalue weighted by molar-refractivity contribution is 9.10. The van der Waals surface area contributed by atoms with Crippen molar-refractivity contribution >= 4 is 15.9 Å². The molecule has 0 saturated heterocycles. The smallest absolute Gasteiger partial charge is 0.169 e. The van der Waals surface area contributed by atoms with Crippen molar-refractivity contribution in [2.45, 2.75) is 57.9 Å². The number of halogens is 1. The standard InChI is InChI=1S/C18H26BrNO/c1-2-5-20-17(15-3-4-16(19)21-15)18-9-12-6-13(10-18)8-14(7-12)11-18/h3-4,12-14,17,20H,2,5-11H2,1H3. The number of hydrogen-bond acceptors (Lipinski definition) is 2. The van der Waals surface area contributed by atoms with Gasteiger partial charge < -0.3 is 9.73 Å². The lowest BCUT2D eigenvalue weighted by Crippen LogP contribution is -2.52. The van der Waals surface area contributed by atoms with Crippen molar-refractivity contribution in [2.75, 3.05) is 6.54 Å². The maximum atomic E-state index is 5.99. The molecule has 21 heavy (non-hydrogen) atoms. The summed E-state index contributed by atoms with van der Waals surface area (Å²) < 4.78 is 6.85. The lowest BCUT2D eigenvalue weighted by atomic mass is 9.47. The zero-order chi connectivity index (χ0) is 14.4. The summed E-state index contributed by atoms with van der Waals surface area (Å²) in [5.41, 5.74) is 0.460. The van der Waals surface area contributed by atoms with E-state index < -0.39 is 0 Å². The molecule has 4 fully saturated rings. The van der Waals surface area contributed by atoms with Crippen LogP contribution in [0.1, 0.15) is 63.7 Å². The number of rotatable bonds is 5. The van der Waals surface area contributed by atoms with Gasteiger partial charge in [0, 0.05) is 0 Å². The molecule has 4 bridgehead atoms. The molecule has 0 aliphatic heterocycles. The van der Waals surface area contributed by atoms with E-state index in [0.29, 0.717) is 11.5 Å². The van der Waals surface area contributed by atoms with Crippen LogP contribution < -0.4 is 5.32 Å². The van der Waals surface area contributed by atoms with E-state index in [2.05, 4.69) is 40.3 Å². The molecule has 5 rings (SSSR count). The maximum Gasteiger partial charge on any atom is 0.169 e. The van der Waals surface area contributed by atoms with E-state index in [-0.39, 0.29) is 0 Å². The first-order valence-electron chi connectivity index (χ1n) is 8.67. The fraction of sp³-hybridized carbons (Fsp3) is 0.778. The highest BCUT2D eigenvalue weighted by Crippen LogP contribution is 2.64. The second kappa shape index (κ2) is 5.42. The molecule has 0 spiro atoms. The molecule has 0 aromatic carbocycles. The number of furan rings is 1. The molecule has 4 aliphatic carbocycles. The van der Waals surface area contributed by atoms with Crippen LogP contribution in [0.25, 0.3) is 0 Å². The molecule has 1 unspecified atom stereocenters. The van der Waals surface area contributed by atoms with E-state index in [1.807, 2.05) is 0 Å². The molecule has 1 atom stereocenters. The molecule has 1 heterocycles. The van der Waals surface area contributed by atoms with Crippen LogP contribution in [0.3, 0.4) is 0 Å². The minimum Gasteiger partial charge on any atom is -0.453 e. The average Bonchev–Trinajstić information content (AvgIpc) is 2.84. The summed E-state index contributed by atoms with van der Waals surface area (Å²) in [6.45, 7) is 3.34. The molecule has 4 saturated carbocycles. The van der Waals surface area contributed by atoms with E-state index in [1.165, 1.54) is 44.9 Å². The van der Waals surface area contributed by atoms with Gasteiger partial charge in [-0.05, 0) is 103 Å². The second-order valence-corrected chi connectivity index (χ2v) is 8.59. The lowest BCUT2D eigenvalue weighted by molar-refractivity contribution is -0.0784. The molecule has 1 aromatic heterocycles. The summed E-state index contributed by atoms with van der Waals surface area (Å²) in [5, 5.41) is 3.84. The van der Waals surface area contributed by atoms with Crippen LogP contribution in [0, 0.1) is 23.2 Å². The van der Waals surface area contributed by atoms with Crippen molar-refractivity contribution in [1.82, 2.24) is 5.32 Å². The maximum absolute atomic E-state index is 5.99. The second-order valence-electron chi connectivity index (χ2n) is 7.81.